The van der Waals surface area contributed by atoms with Gasteiger partial charge in [-0.1, -0.05) is 6.07 Å². The predicted octanol–water partition coefficient (Wildman–Crippen LogP) is 0.893. The second-order valence-corrected chi connectivity index (χ2v) is 2.31. The van der Waals surface area contributed by atoms with E-state index < -0.39 is 0 Å². The molecule has 0 unspecified atom stereocenters. The highest BCUT2D eigenvalue weighted by atomic mass is 16.3. The first kappa shape index (κ1) is 7.88. The van der Waals surface area contributed by atoms with E-state index in [0.717, 1.165) is 5.56 Å². The molecular formula is C8H12N2O. The van der Waals surface area contributed by atoms with Gasteiger partial charge >= 0.3 is 0 Å². The third-order valence-corrected chi connectivity index (χ3v) is 1.57. The van der Waals surface area contributed by atoms with Gasteiger partial charge in [-0.2, -0.15) is 0 Å². The zero-order valence-corrected chi connectivity index (χ0v) is 6.46. The van der Waals surface area contributed by atoms with Crippen LogP contribution in [0.5, 0.6) is 5.75 Å². The Morgan fingerprint density at radius 1 is 1.55 bits per heavy atom. The molecule has 1 rings (SSSR count). The van der Waals surface area contributed by atoms with Crippen LogP contribution in [-0.4, -0.2) is 12.2 Å². The lowest BCUT2D eigenvalue weighted by atomic mass is 10.2. The van der Waals surface area contributed by atoms with Gasteiger partial charge in [-0.25, -0.2) is 0 Å². The van der Waals surface area contributed by atoms with E-state index in [2.05, 4.69) is 5.32 Å². The van der Waals surface area contributed by atoms with Crippen molar-refractivity contribution in [1.29, 1.82) is 0 Å². The minimum atomic E-state index is 0.254. The molecule has 0 amide bonds. The van der Waals surface area contributed by atoms with Crippen molar-refractivity contribution in [3.63, 3.8) is 0 Å². The van der Waals surface area contributed by atoms with Crippen molar-refractivity contribution in [2.45, 2.75) is 6.54 Å². The molecule has 0 aliphatic rings. The van der Waals surface area contributed by atoms with Crippen LogP contribution in [0.25, 0.3) is 0 Å². The Bertz CT molecular complexity index is 248. The Balaban J connectivity index is 3.02. The van der Waals surface area contributed by atoms with Gasteiger partial charge < -0.3 is 16.2 Å². The normalized spacial score (nSPS) is 9.64. The van der Waals surface area contributed by atoms with Crippen molar-refractivity contribution in [1.82, 2.24) is 0 Å². The van der Waals surface area contributed by atoms with Gasteiger partial charge in [-0.15, -0.1) is 0 Å². The Labute approximate surface area is 65.8 Å². The zero-order valence-electron chi connectivity index (χ0n) is 6.46. The van der Waals surface area contributed by atoms with E-state index in [1.165, 1.54) is 0 Å². The lowest BCUT2D eigenvalue weighted by Gasteiger charge is -2.04. The summed E-state index contributed by atoms with van der Waals surface area (Å²) in [6, 6.07) is 5.26. The number of anilines is 1. The highest BCUT2D eigenvalue weighted by molar-refractivity contribution is 5.56. The molecule has 0 spiro atoms. The van der Waals surface area contributed by atoms with Gasteiger partial charge in [0.2, 0.25) is 0 Å². The van der Waals surface area contributed by atoms with E-state index in [1.807, 2.05) is 6.07 Å². The number of phenolic OH excluding ortho intramolecular Hbond substituents is 1. The molecule has 0 radical (unpaired) electrons. The lowest BCUT2D eigenvalue weighted by Crippen LogP contribution is -1.97. The van der Waals surface area contributed by atoms with Gasteiger partial charge in [0.05, 0.1) is 5.69 Å². The third kappa shape index (κ3) is 1.62. The number of hydrogen-bond acceptors (Lipinski definition) is 3. The Morgan fingerprint density at radius 3 is 2.82 bits per heavy atom. The molecular weight excluding hydrogens is 140 g/mol. The molecule has 0 aliphatic heterocycles. The van der Waals surface area contributed by atoms with Crippen molar-refractivity contribution in [3.8, 4) is 5.75 Å². The van der Waals surface area contributed by atoms with Gasteiger partial charge in [0, 0.05) is 13.6 Å². The summed E-state index contributed by atoms with van der Waals surface area (Å²) in [4.78, 5) is 0. The van der Waals surface area contributed by atoms with Crippen LogP contribution < -0.4 is 11.1 Å². The van der Waals surface area contributed by atoms with Crippen molar-refractivity contribution in [2.75, 3.05) is 12.4 Å². The molecule has 11 heavy (non-hydrogen) atoms. The highest BCUT2D eigenvalue weighted by Gasteiger charge is 1.97. The fraction of sp³-hybridized carbons (Fsp3) is 0.250. The number of aromatic hydroxyl groups is 1. The summed E-state index contributed by atoms with van der Waals surface area (Å²) in [7, 11) is 1.76. The second-order valence-electron chi connectivity index (χ2n) is 2.31. The largest absolute Gasteiger partial charge is 0.506 e. The van der Waals surface area contributed by atoms with E-state index in [4.69, 9.17) is 5.73 Å². The molecule has 0 saturated carbocycles. The molecule has 0 fully saturated rings. The molecule has 1 aromatic rings. The van der Waals surface area contributed by atoms with Crippen molar-refractivity contribution < 1.29 is 5.11 Å². The second kappa shape index (κ2) is 3.25. The maximum Gasteiger partial charge on any atom is 0.138 e. The number of phenols is 1. The van der Waals surface area contributed by atoms with Gasteiger partial charge in [0.1, 0.15) is 5.75 Å². The first-order valence-electron chi connectivity index (χ1n) is 3.47. The highest BCUT2D eigenvalue weighted by Crippen LogP contribution is 2.22. The van der Waals surface area contributed by atoms with Crippen LogP contribution in [0.3, 0.4) is 0 Å². The predicted molar refractivity (Wildman–Crippen MR) is 45.5 cm³/mol. The number of hydrogen-bond donors (Lipinski definition) is 3. The average Bonchev–Trinajstić information content (AvgIpc) is 2.05. The topological polar surface area (TPSA) is 58.3 Å². The first-order chi connectivity index (χ1) is 5.27. The Kier molecular flexibility index (Phi) is 2.33. The Hall–Kier alpha value is -1.22. The van der Waals surface area contributed by atoms with Crippen LogP contribution in [0.4, 0.5) is 5.69 Å². The maximum atomic E-state index is 9.23. The van der Waals surface area contributed by atoms with Gasteiger partial charge in [0.25, 0.3) is 0 Å². The molecule has 3 heteroatoms. The quantitative estimate of drug-likeness (QED) is 0.552. The van der Waals surface area contributed by atoms with Crippen LogP contribution in [0, 0.1) is 0 Å². The molecule has 0 atom stereocenters. The minimum Gasteiger partial charge on any atom is -0.506 e. The van der Waals surface area contributed by atoms with E-state index in [0.29, 0.717) is 12.2 Å². The maximum absolute atomic E-state index is 9.23. The molecule has 4 N–H and O–H groups in total. The van der Waals surface area contributed by atoms with Crippen molar-refractivity contribution in [2.24, 2.45) is 5.73 Å². The smallest absolute Gasteiger partial charge is 0.138 e. The molecule has 1 aromatic carbocycles. The monoisotopic (exact) mass is 152 g/mol. The summed E-state index contributed by atoms with van der Waals surface area (Å²) < 4.78 is 0. The summed E-state index contributed by atoms with van der Waals surface area (Å²) in [5.74, 6) is 0.254. The molecule has 0 bridgehead atoms. The van der Waals surface area contributed by atoms with Crippen LogP contribution in [0.1, 0.15) is 5.56 Å². The molecule has 0 heterocycles. The first-order valence-corrected chi connectivity index (χ1v) is 3.47. The van der Waals surface area contributed by atoms with Crippen LogP contribution in [0.15, 0.2) is 18.2 Å². The average molecular weight is 152 g/mol. The zero-order chi connectivity index (χ0) is 8.27. The summed E-state index contributed by atoms with van der Waals surface area (Å²) in [6.07, 6.45) is 0. The van der Waals surface area contributed by atoms with Gasteiger partial charge in [0.15, 0.2) is 0 Å². The number of nitrogens with one attached hydrogen (secondary N) is 1. The number of benzene rings is 1. The van der Waals surface area contributed by atoms with Crippen LogP contribution in [-0.2, 0) is 6.54 Å². The van der Waals surface area contributed by atoms with E-state index >= 15 is 0 Å². The summed E-state index contributed by atoms with van der Waals surface area (Å²) in [5.41, 5.74) is 7.14. The molecule has 3 nitrogen and oxygen atoms in total. The van der Waals surface area contributed by atoms with E-state index in [9.17, 15) is 5.11 Å². The summed E-state index contributed by atoms with van der Waals surface area (Å²) >= 11 is 0. The molecule has 0 aromatic heterocycles. The number of nitrogens with two attached hydrogens (primary N) is 1. The van der Waals surface area contributed by atoms with Gasteiger partial charge in [-0.05, 0) is 17.7 Å². The fourth-order valence-electron chi connectivity index (χ4n) is 0.910. The van der Waals surface area contributed by atoms with Crippen LogP contribution >= 0.6 is 0 Å². The molecule has 0 saturated heterocycles. The minimum absolute atomic E-state index is 0.254. The Morgan fingerprint density at radius 2 is 2.27 bits per heavy atom. The molecule has 60 valence electrons. The summed E-state index contributed by atoms with van der Waals surface area (Å²) in [5, 5.41) is 12.1. The van der Waals surface area contributed by atoms with E-state index in [-0.39, 0.29) is 5.75 Å². The van der Waals surface area contributed by atoms with Gasteiger partial charge in [-0.3, -0.25) is 0 Å². The van der Waals surface area contributed by atoms with Crippen LogP contribution in [0.2, 0.25) is 0 Å². The standard InChI is InChI=1S/C8H12N2O/c1-10-7-4-6(5-9)2-3-8(7)11/h2-4,10-11H,5,9H2,1H3. The SMILES string of the molecule is CNc1cc(CN)ccc1O. The third-order valence-electron chi connectivity index (χ3n) is 1.57. The summed E-state index contributed by atoms with van der Waals surface area (Å²) in [6.45, 7) is 0.495. The van der Waals surface area contributed by atoms with Crippen molar-refractivity contribution >= 4 is 5.69 Å². The molecule has 0 aliphatic carbocycles. The lowest BCUT2D eigenvalue weighted by molar-refractivity contribution is 0.477. The van der Waals surface area contributed by atoms with Crippen molar-refractivity contribution in [3.05, 3.63) is 23.8 Å². The number of rotatable bonds is 2. The van der Waals surface area contributed by atoms with E-state index in [1.54, 1.807) is 19.2 Å². The fourth-order valence-corrected chi connectivity index (χ4v) is 0.910.